The molecule has 0 radical (unpaired) electrons. The second-order valence-electron chi connectivity index (χ2n) is 10.2. The zero-order valence-electron chi connectivity index (χ0n) is 20.3. The zero-order valence-corrected chi connectivity index (χ0v) is 20.3. The van der Waals surface area contributed by atoms with E-state index >= 15 is 0 Å². The molecule has 0 N–H and O–H groups in total. The van der Waals surface area contributed by atoms with Gasteiger partial charge in [-0.2, -0.15) is 0 Å². The maximum Gasteiger partial charge on any atom is 0.305 e. The van der Waals surface area contributed by atoms with Crippen LogP contribution in [0.1, 0.15) is 118 Å². The van der Waals surface area contributed by atoms with E-state index in [1.807, 2.05) is 0 Å². The van der Waals surface area contributed by atoms with E-state index in [0.717, 1.165) is 50.4 Å². The molecule has 0 amide bonds. The molecule has 2 atom stereocenters. The summed E-state index contributed by atoms with van der Waals surface area (Å²) in [6.45, 7) is 9.92. The molecular weight excluding hydrogens is 376 g/mol. The molecule has 0 aromatic carbocycles. The van der Waals surface area contributed by atoms with Crippen LogP contribution in [0.25, 0.3) is 0 Å². The van der Waals surface area contributed by atoms with E-state index in [0.29, 0.717) is 37.9 Å². The number of esters is 2. The summed E-state index contributed by atoms with van der Waals surface area (Å²) in [4.78, 5) is 24.1. The normalized spacial score (nSPS) is 19.3. The molecule has 0 saturated heterocycles. The summed E-state index contributed by atoms with van der Waals surface area (Å²) in [5, 5.41) is 0. The predicted octanol–water partition coefficient (Wildman–Crippen LogP) is 7.09. The van der Waals surface area contributed by atoms with E-state index in [-0.39, 0.29) is 11.9 Å². The van der Waals surface area contributed by atoms with Crippen LogP contribution in [-0.4, -0.2) is 25.2 Å². The number of unbranched alkanes of at least 4 members (excludes halogenated alkanes) is 4. The number of hydrogen-bond acceptors (Lipinski definition) is 4. The fourth-order valence-corrected chi connectivity index (χ4v) is 4.26. The van der Waals surface area contributed by atoms with Crippen LogP contribution in [0.4, 0.5) is 0 Å². The molecule has 4 nitrogen and oxygen atoms in total. The summed E-state index contributed by atoms with van der Waals surface area (Å²) >= 11 is 0. The molecule has 0 aromatic rings. The fourth-order valence-electron chi connectivity index (χ4n) is 4.26. The Bertz CT molecular complexity index is 416. The quantitative estimate of drug-likeness (QED) is 0.196. The molecule has 1 saturated carbocycles. The molecule has 4 heteroatoms. The molecule has 1 aliphatic rings. The lowest BCUT2D eigenvalue weighted by Crippen LogP contribution is -2.29. The van der Waals surface area contributed by atoms with Crippen LogP contribution in [-0.2, 0) is 19.1 Å². The van der Waals surface area contributed by atoms with Crippen molar-refractivity contribution in [2.24, 2.45) is 23.7 Å². The lowest BCUT2D eigenvalue weighted by molar-refractivity contribution is -0.150. The van der Waals surface area contributed by atoms with Gasteiger partial charge in [-0.15, -0.1) is 0 Å². The summed E-state index contributed by atoms with van der Waals surface area (Å²) in [6, 6.07) is 0. The number of carbonyl (C=O) groups excluding carboxylic acids is 2. The van der Waals surface area contributed by atoms with Gasteiger partial charge in [0.15, 0.2) is 0 Å². The molecule has 0 heterocycles. The summed E-state index contributed by atoms with van der Waals surface area (Å²) < 4.78 is 11.2. The summed E-state index contributed by atoms with van der Waals surface area (Å²) in [5.41, 5.74) is 0. The Balaban J connectivity index is 2.17. The Kier molecular flexibility index (Phi) is 14.9. The van der Waals surface area contributed by atoms with Crippen LogP contribution in [0.15, 0.2) is 0 Å². The van der Waals surface area contributed by atoms with Crippen molar-refractivity contribution in [2.75, 3.05) is 13.2 Å². The second-order valence-corrected chi connectivity index (χ2v) is 10.2. The summed E-state index contributed by atoms with van der Waals surface area (Å²) in [5.74, 6) is 2.01. The maximum absolute atomic E-state index is 12.1. The van der Waals surface area contributed by atoms with Gasteiger partial charge in [-0.25, -0.2) is 0 Å². The number of rotatable bonds is 16. The van der Waals surface area contributed by atoms with Crippen LogP contribution in [0, 0.1) is 23.7 Å². The van der Waals surface area contributed by atoms with Crippen LogP contribution in [0.3, 0.4) is 0 Å². The highest BCUT2D eigenvalue weighted by Crippen LogP contribution is 2.31. The molecule has 0 spiro atoms. The lowest BCUT2D eigenvalue weighted by atomic mass is 9.80. The molecule has 0 bridgehead atoms. The third kappa shape index (κ3) is 14.0. The first-order valence-electron chi connectivity index (χ1n) is 12.7. The monoisotopic (exact) mass is 424 g/mol. The van der Waals surface area contributed by atoms with E-state index in [2.05, 4.69) is 27.7 Å². The van der Waals surface area contributed by atoms with Crippen molar-refractivity contribution >= 4 is 11.9 Å². The standard InChI is InChI=1S/C26H48O4/c1-21(2)13-7-5-9-17-25(27)29-19-23-15-11-12-16-24(23)20-30-26(28)18-10-6-8-14-22(3)4/h21-24H,5-20H2,1-4H3. The summed E-state index contributed by atoms with van der Waals surface area (Å²) in [7, 11) is 0. The SMILES string of the molecule is CC(C)CCCCCC(=O)OCC1CCCCC1COC(=O)CCCCCC(C)C. The zero-order chi connectivity index (χ0) is 22.2. The van der Waals surface area contributed by atoms with Crippen molar-refractivity contribution in [3.05, 3.63) is 0 Å². The minimum absolute atomic E-state index is 0.0673. The van der Waals surface area contributed by atoms with Gasteiger partial charge in [-0.3, -0.25) is 9.59 Å². The average molecular weight is 425 g/mol. The highest BCUT2D eigenvalue weighted by Gasteiger charge is 2.27. The minimum atomic E-state index is -0.0673. The van der Waals surface area contributed by atoms with Gasteiger partial charge in [0.2, 0.25) is 0 Å². The molecule has 1 fully saturated rings. The van der Waals surface area contributed by atoms with Gasteiger partial charge >= 0.3 is 11.9 Å². The topological polar surface area (TPSA) is 52.6 Å². The van der Waals surface area contributed by atoms with Gasteiger partial charge in [-0.1, -0.05) is 79.1 Å². The third-order valence-electron chi connectivity index (χ3n) is 6.31. The van der Waals surface area contributed by atoms with Gasteiger partial charge < -0.3 is 9.47 Å². The Hall–Kier alpha value is -1.06. The van der Waals surface area contributed by atoms with Crippen molar-refractivity contribution in [3.63, 3.8) is 0 Å². The number of carbonyl (C=O) groups is 2. The first-order valence-corrected chi connectivity index (χ1v) is 12.7. The van der Waals surface area contributed by atoms with Crippen molar-refractivity contribution in [1.29, 1.82) is 0 Å². The molecule has 2 unspecified atom stereocenters. The van der Waals surface area contributed by atoms with E-state index in [1.165, 1.54) is 38.5 Å². The maximum atomic E-state index is 12.1. The minimum Gasteiger partial charge on any atom is -0.465 e. The van der Waals surface area contributed by atoms with E-state index < -0.39 is 0 Å². The fraction of sp³-hybridized carbons (Fsp3) is 0.923. The predicted molar refractivity (Wildman–Crippen MR) is 123 cm³/mol. The Labute approximate surface area is 185 Å². The van der Waals surface area contributed by atoms with E-state index in [1.54, 1.807) is 0 Å². The molecular formula is C26H48O4. The molecule has 176 valence electrons. The number of ether oxygens (including phenoxy) is 2. The largest absolute Gasteiger partial charge is 0.465 e. The molecule has 1 aliphatic carbocycles. The van der Waals surface area contributed by atoms with Crippen molar-refractivity contribution in [2.45, 2.75) is 118 Å². The van der Waals surface area contributed by atoms with Gasteiger partial charge in [0.25, 0.3) is 0 Å². The molecule has 0 aromatic heterocycles. The molecule has 1 rings (SSSR count). The van der Waals surface area contributed by atoms with Gasteiger partial charge in [0.05, 0.1) is 13.2 Å². The van der Waals surface area contributed by atoms with E-state index in [9.17, 15) is 9.59 Å². The van der Waals surface area contributed by atoms with Crippen LogP contribution in [0.2, 0.25) is 0 Å². The highest BCUT2D eigenvalue weighted by molar-refractivity contribution is 5.69. The summed E-state index contributed by atoms with van der Waals surface area (Å²) in [6.07, 6.45) is 14.5. The molecule has 30 heavy (non-hydrogen) atoms. The van der Waals surface area contributed by atoms with Crippen molar-refractivity contribution in [3.8, 4) is 0 Å². The van der Waals surface area contributed by atoms with Crippen LogP contribution >= 0.6 is 0 Å². The van der Waals surface area contributed by atoms with Crippen LogP contribution in [0.5, 0.6) is 0 Å². The van der Waals surface area contributed by atoms with Crippen molar-refractivity contribution in [1.82, 2.24) is 0 Å². The highest BCUT2D eigenvalue weighted by atomic mass is 16.5. The third-order valence-corrected chi connectivity index (χ3v) is 6.31. The van der Waals surface area contributed by atoms with Gasteiger partial charge in [0, 0.05) is 12.8 Å². The van der Waals surface area contributed by atoms with Gasteiger partial charge in [0.1, 0.15) is 0 Å². The first-order chi connectivity index (χ1) is 14.4. The molecule has 0 aliphatic heterocycles. The van der Waals surface area contributed by atoms with E-state index in [4.69, 9.17) is 9.47 Å². The Morgan fingerprint density at radius 2 is 1.07 bits per heavy atom. The second kappa shape index (κ2) is 16.6. The first kappa shape index (κ1) is 27.0. The lowest BCUT2D eigenvalue weighted by Gasteiger charge is -2.30. The average Bonchev–Trinajstić information content (AvgIpc) is 2.70. The number of hydrogen-bond donors (Lipinski definition) is 0. The van der Waals surface area contributed by atoms with Crippen molar-refractivity contribution < 1.29 is 19.1 Å². The smallest absolute Gasteiger partial charge is 0.305 e. The van der Waals surface area contributed by atoms with Gasteiger partial charge in [-0.05, 0) is 49.4 Å². The van der Waals surface area contributed by atoms with Crippen LogP contribution < -0.4 is 0 Å². The Morgan fingerprint density at radius 3 is 1.43 bits per heavy atom. The Morgan fingerprint density at radius 1 is 0.667 bits per heavy atom.